The van der Waals surface area contributed by atoms with Gasteiger partial charge in [-0.1, -0.05) is 83.8 Å². The van der Waals surface area contributed by atoms with Crippen LogP contribution in [-0.2, 0) is 6.54 Å². The Balaban J connectivity index is 1.72. The van der Waals surface area contributed by atoms with E-state index in [9.17, 15) is 4.79 Å². The lowest BCUT2D eigenvalue weighted by molar-refractivity contribution is 0.231. The molecule has 37 heavy (non-hydrogen) atoms. The Morgan fingerprint density at radius 1 is 1.00 bits per heavy atom. The molecule has 1 atom stereocenters. The molecule has 190 valence electrons. The van der Waals surface area contributed by atoms with Gasteiger partial charge >= 0.3 is 0 Å². The molecular formula is C31H31BrClN3O. The first-order valence-electron chi connectivity index (χ1n) is 12.6. The van der Waals surface area contributed by atoms with Gasteiger partial charge in [-0.25, -0.2) is 0 Å². The first-order chi connectivity index (χ1) is 17.6. The largest absolute Gasteiger partial charge is 0.345 e. The van der Waals surface area contributed by atoms with Crippen LogP contribution in [0.1, 0.15) is 50.6 Å². The molecule has 0 aliphatic carbocycles. The van der Waals surface area contributed by atoms with Gasteiger partial charge in [0.2, 0.25) is 0 Å². The van der Waals surface area contributed by atoms with Gasteiger partial charge in [0.1, 0.15) is 5.84 Å². The first kappa shape index (κ1) is 25.7. The zero-order valence-corrected chi connectivity index (χ0v) is 23.9. The van der Waals surface area contributed by atoms with Crippen molar-refractivity contribution < 1.29 is 0 Å². The van der Waals surface area contributed by atoms with E-state index in [-0.39, 0.29) is 23.1 Å². The number of amidine groups is 1. The third kappa shape index (κ3) is 5.25. The van der Waals surface area contributed by atoms with Crippen LogP contribution >= 0.6 is 27.5 Å². The van der Waals surface area contributed by atoms with E-state index in [0.29, 0.717) is 17.0 Å². The number of hydrogen-bond acceptors (Lipinski definition) is 3. The summed E-state index contributed by atoms with van der Waals surface area (Å²) in [4.78, 5) is 21.5. The number of rotatable bonds is 6. The molecule has 1 aromatic heterocycles. The van der Waals surface area contributed by atoms with Crippen LogP contribution in [0, 0.1) is 5.92 Å². The van der Waals surface area contributed by atoms with Crippen LogP contribution in [0.2, 0.25) is 5.02 Å². The summed E-state index contributed by atoms with van der Waals surface area (Å²) >= 11 is 9.93. The van der Waals surface area contributed by atoms with Crippen LogP contribution in [-0.4, -0.2) is 27.4 Å². The smallest absolute Gasteiger partial charge is 0.259 e. The molecule has 6 heteroatoms. The molecule has 0 bridgehead atoms. The van der Waals surface area contributed by atoms with E-state index in [0.717, 1.165) is 39.1 Å². The molecule has 2 heterocycles. The van der Waals surface area contributed by atoms with E-state index < -0.39 is 0 Å². The summed E-state index contributed by atoms with van der Waals surface area (Å²) in [6, 6.07) is 26.1. The lowest BCUT2D eigenvalue weighted by Gasteiger charge is -2.36. The molecule has 0 saturated heterocycles. The van der Waals surface area contributed by atoms with Crippen LogP contribution in [0.3, 0.4) is 0 Å². The maximum Gasteiger partial charge on any atom is 0.259 e. The number of aliphatic imine (C=N–C) groups is 1. The van der Waals surface area contributed by atoms with Gasteiger partial charge in [-0.15, -0.1) is 0 Å². The normalized spacial score (nSPS) is 15.9. The summed E-state index contributed by atoms with van der Waals surface area (Å²) in [5, 5.41) is 2.16. The third-order valence-corrected chi connectivity index (χ3v) is 7.66. The molecule has 1 unspecified atom stereocenters. The van der Waals surface area contributed by atoms with E-state index >= 15 is 0 Å². The number of benzene rings is 3. The Labute approximate surface area is 231 Å². The highest BCUT2D eigenvalue weighted by molar-refractivity contribution is 9.10. The van der Waals surface area contributed by atoms with Crippen molar-refractivity contribution in [2.75, 3.05) is 6.54 Å². The Kier molecular flexibility index (Phi) is 7.03. The van der Waals surface area contributed by atoms with E-state index in [1.807, 2.05) is 34.9 Å². The molecule has 0 fully saturated rings. The number of hydrogen-bond donors (Lipinski definition) is 0. The zero-order chi connectivity index (χ0) is 26.3. The van der Waals surface area contributed by atoms with Crippen LogP contribution in [0.25, 0.3) is 10.8 Å². The van der Waals surface area contributed by atoms with Gasteiger partial charge in [-0.05, 0) is 67.1 Å². The summed E-state index contributed by atoms with van der Waals surface area (Å²) in [5.41, 5.74) is 2.88. The van der Waals surface area contributed by atoms with Crippen molar-refractivity contribution in [2.45, 2.75) is 45.8 Å². The molecule has 0 N–H and O–H groups in total. The SMILES string of the molecule is CC(C)C(c1cc2cc(Cl)ccc2c(=O)n1Cc1ccccc1)N1CC(C)(C)N=C1c1ccc(Br)cc1. The molecular weight excluding hydrogens is 546 g/mol. The van der Waals surface area contributed by atoms with Gasteiger partial charge in [0.25, 0.3) is 5.56 Å². The maximum atomic E-state index is 14.0. The van der Waals surface area contributed by atoms with Gasteiger partial charge in [-0.3, -0.25) is 9.79 Å². The number of nitrogens with zero attached hydrogens (tertiary/aromatic N) is 3. The fourth-order valence-corrected chi connectivity index (χ4v) is 5.77. The van der Waals surface area contributed by atoms with E-state index in [4.69, 9.17) is 16.6 Å². The van der Waals surface area contributed by atoms with Crippen molar-refractivity contribution in [2.24, 2.45) is 10.9 Å². The lowest BCUT2D eigenvalue weighted by atomic mass is 9.94. The van der Waals surface area contributed by atoms with E-state index in [1.165, 1.54) is 0 Å². The van der Waals surface area contributed by atoms with Crippen LogP contribution in [0.4, 0.5) is 0 Å². The van der Waals surface area contributed by atoms with Crippen molar-refractivity contribution in [1.29, 1.82) is 0 Å². The van der Waals surface area contributed by atoms with Crippen LogP contribution < -0.4 is 5.56 Å². The topological polar surface area (TPSA) is 37.6 Å². The summed E-state index contributed by atoms with van der Waals surface area (Å²) in [7, 11) is 0. The van der Waals surface area contributed by atoms with Crippen molar-refractivity contribution in [3.05, 3.63) is 116 Å². The molecule has 0 amide bonds. The number of fused-ring (bicyclic) bond motifs is 1. The molecule has 5 rings (SSSR count). The van der Waals surface area contributed by atoms with Crippen molar-refractivity contribution in [3.8, 4) is 0 Å². The number of pyridine rings is 1. The van der Waals surface area contributed by atoms with Crippen molar-refractivity contribution in [3.63, 3.8) is 0 Å². The second kappa shape index (κ2) is 10.1. The monoisotopic (exact) mass is 575 g/mol. The summed E-state index contributed by atoms with van der Waals surface area (Å²) in [5.74, 6) is 1.17. The maximum absolute atomic E-state index is 14.0. The average Bonchev–Trinajstić information content (AvgIpc) is 3.17. The second-order valence-corrected chi connectivity index (χ2v) is 12.1. The molecule has 1 aliphatic rings. The third-order valence-electron chi connectivity index (χ3n) is 6.90. The first-order valence-corrected chi connectivity index (χ1v) is 13.8. The highest BCUT2D eigenvalue weighted by atomic mass is 79.9. The minimum absolute atomic E-state index is 0.000688. The Bertz CT molecular complexity index is 1520. The molecule has 0 spiro atoms. The van der Waals surface area contributed by atoms with Gasteiger partial charge in [-0.2, -0.15) is 0 Å². The average molecular weight is 577 g/mol. The summed E-state index contributed by atoms with van der Waals surface area (Å²) < 4.78 is 2.98. The van der Waals surface area contributed by atoms with E-state index in [2.05, 4.69) is 91.0 Å². The molecule has 0 radical (unpaired) electrons. The summed E-state index contributed by atoms with van der Waals surface area (Å²) in [6.07, 6.45) is 0. The molecule has 4 nitrogen and oxygen atoms in total. The van der Waals surface area contributed by atoms with Crippen molar-refractivity contribution >= 4 is 44.1 Å². The van der Waals surface area contributed by atoms with Crippen molar-refractivity contribution in [1.82, 2.24) is 9.47 Å². The van der Waals surface area contributed by atoms with Gasteiger partial charge in [0, 0.05) is 32.7 Å². The zero-order valence-electron chi connectivity index (χ0n) is 21.6. The Morgan fingerprint density at radius 3 is 2.38 bits per heavy atom. The fraction of sp³-hybridized carbons (Fsp3) is 0.290. The predicted octanol–water partition coefficient (Wildman–Crippen LogP) is 7.70. The fourth-order valence-electron chi connectivity index (χ4n) is 5.32. The van der Waals surface area contributed by atoms with Gasteiger partial charge < -0.3 is 9.47 Å². The molecule has 4 aromatic rings. The number of halogens is 2. The predicted molar refractivity (Wildman–Crippen MR) is 158 cm³/mol. The van der Waals surface area contributed by atoms with Crippen LogP contribution in [0.15, 0.2) is 93.1 Å². The highest BCUT2D eigenvalue weighted by Gasteiger charge is 2.39. The molecule has 3 aromatic carbocycles. The quantitative estimate of drug-likeness (QED) is 0.236. The number of aromatic nitrogens is 1. The Hall–Kier alpha value is -2.89. The second-order valence-electron chi connectivity index (χ2n) is 10.7. The van der Waals surface area contributed by atoms with Crippen LogP contribution in [0.5, 0.6) is 0 Å². The highest BCUT2D eigenvalue weighted by Crippen LogP contribution is 2.37. The minimum atomic E-state index is -0.250. The molecule has 1 aliphatic heterocycles. The van der Waals surface area contributed by atoms with E-state index in [1.54, 1.807) is 6.07 Å². The Morgan fingerprint density at radius 2 is 1.70 bits per heavy atom. The minimum Gasteiger partial charge on any atom is -0.345 e. The van der Waals surface area contributed by atoms with Gasteiger partial charge in [0.05, 0.1) is 18.1 Å². The summed E-state index contributed by atoms with van der Waals surface area (Å²) in [6.45, 7) is 10.0. The standard InChI is InChI=1S/C31H31BrClN3O/c1-20(2)28(36-19-31(3,4)34-29(36)22-10-12-24(32)13-11-22)27-17-23-16-25(33)14-15-26(23)30(37)35(27)18-21-8-6-5-7-9-21/h5-17,20,28H,18-19H2,1-4H3. The van der Waals surface area contributed by atoms with Gasteiger partial charge in [0.15, 0.2) is 0 Å². The molecule has 0 saturated carbocycles. The lowest BCUT2D eigenvalue weighted by Crippen LogP contribution is -2.41.